The third kappa shape index (κ3) is 3.55. The van der Waals surface area contributed by atoms with Crippen molar-refractivity contribution in [2.45, 2.75) is 6.54 Å². The Balaban J connectivity index is 2.00. The fourth-order valence-electron chi connectivity index (χ4n) is 1.95. The molecule has 0 atom stereocenters. The number of rotatable bonds is 5. The van der Waals surface area contributed by atoms with E-state index in [-0.39, 0.29) is 29.4 Å². The Morgan fingerprint density at radius 2 is 2.10 bits per heavy atom. The fraction of sp³-hybridized carbons (Fsp3) is 0.200. The monoisotopic (exact) mass is 272 g/mol. The van der Waals surface area contributed by atoms with E-state index >= 15 is 0 Å². The van der Waals surface area contributed by atoms with Crippen LogP contribution in [0.1, 0.15) is 15.9 Å². The second-order valence-electron chi connectivity index (χ2n) is 4.66. The number of carbonyl (C=O) groups is 1. The number of phenolic OH excluding ortho intramolecular Hbond substituents is 2. The van der Waals surface area contributed by atoms with Crippen molar-refractivity contribution >= 4 is 5.78 Å². The first-order valence-electron chi connectivity index (χ1n) is 6.19. The first-order valence-corrected chi connectivity index (χ1v) is 6.19. The molecule has 0 bridgehead atoms. The Bertz CT molecular complexity index is 599. The summed E-state index contributed by atoms with van der Waals surface area (Å²) in [5, 5.41) is 18.9. The lowest BCUT2D eigenvalue weighted by Crippen LogP contribution is -2.25. The number of Topliss-reactive ketones (excluding diaryl/α,β-unsaturated/α-hetero) is 1. The molecule has 2 aromatic rings. The van der Waals surface area contributed by atoms with Gasteiger partial charge in [-0.25, -0.2) is 0 Å². The quantitative estimate of drug-likeness (QED) is 0.812. The summed E-state index contributed by atoms with van der Waals surface area (Å²) in [6, 6.07) is 7.75. The van der Waals surface area contributed by atoms with E-state index in [2.05, 4.69) is 4.98 Å². The molecule has 2 rings (SSSR count). The molecule has 1 heterocycles. The summed E-state index contributed by atoms with van der Waals surface area (Å²) in [5.74, 6) is -0.471. The summed E-state index contributed by atoms with van der Waals surface area (Å²) < 4.78 is 0. The predicted octanol–water partition coefficient (Wildman–Crippen LogP) is 1.81. The van der Waals surface area contributed by atoms with Crippen molar-refractivity contribution in [3.05, 3.63) is 53.9 Å². The van der Waals surface area contributed by atoms with Gasteiger partial charge in [0.05, 0.1) is 12.1 Å². The topological polar surface area (TPSA) is 73.7 Å². The molecule has 5 heteroatoms. The molecule has 0 unspecified atom stereocenters. The smallest absolute Gasteiger partial charge is 0.180 e. The van der Waals surface area contributed by atoms with Crippen molar-refractivity contribution in [1.82, 2.24) is 9.88 Å². The van der Waals surface area contributed by atoms with Crippen LogP contribution >= 0.6 is 0 Å². The van der Waals surface area contributed by atoms with Crippen LogP contribution in [0.2, 0.25) is 0 Å². The van der Waals surface area contributed by atoms with Crippen LogP contribution in [0.15, 0.2) is 42.7 Å². The van der Waals surface area contributed by atoms with Gasteiger partial charge in [-0.15, -0.1) is 0 Å². The molecule has 0 aliphatic heterocycles. The molecular formula is C15H16N2O3. The van der Waals surface area contributed by atoms with Gasteiger partial charge in [0.25, 0.3) is 0 Å². The van der Waals surface area contributed by atoms with Gasteiger partial charge < -0.3 is 10.2 Å². The average Bonchev–Trinajstić information content (AvgIpc) is 2.39. The minimum Gasteiger partial charge on any atom is -0.508 e. The SMILES string of the molecule is CN(CC(=O)c1ccc(O)cc1O)Cc1cccnc1. The van der Waals surface area contributed by atoms with Crippen LogP contribution in [-0.4, -0.2) is 39.5 Å². The molecule has 0 aliphatic carbocycles. The van der Waals surface area contributed by atoms with Gasteiger partial charge in [0.15, 0.2) is 5.78 Å². The van der Waals surface area contributed by atoms with Gasteiger partial charge in [-0.1, -0.05) is 6.07 Å². The number of likely N-dealkylation sites (N-methyl/N-ethyl adjacent to an activating group) is 1. The summed E-state index contributed by atoms with van der Waals surface area (Å²) in [4.78, 5) is 17.9. The van der Waals surface area contributed by atoms with Crippen LogP contribution in [0.25, 0.3) is 0 Å². The Morgan fingerprint density at radius 3 is 2.75 bits per heavy atom. The van der Waals surface area contributed by atoms with Gasteiger partial charge in [0, 0.05) is 25.0 Å². The highest BCUT2D eigenvalue weighted by molar-refractivity contribution is 6.00. The van der Waals surface area contributed by atoms with Crippen molar-refractivity contribution in [3.8, 4) is 11.5 Å². The highest BCUT2D eigenvalue weighted by atomic mass is 16.3. The summed E-state index contributed by atoms with van der Waals surface area (Å²) >= 11 is 0. The average molecular weight is 272 g/mol. The van der Waals surface area contributed by atoms with Gasteiger partial charge in [-0.3, -0.25) is 14.7 Å². The molecule has 0 radical (unpaired) electrons. The van der Waals surface area contributed by atoms with Gasteiger partial charge in [-0.2, -0.15) is 0 Å². The van der Waals surface area contributed by atoms with Crippen molar-refractivity contribution in [2.24, 2.45) is 0 Å². The Hall–Kier alpha value is -2.40. The molecule has 1 aromatic carbocycles. The number of ketones is 1. The molecular weight excluding hydrogens is 256 g/mol. The van der Waals surface area contributed by atoms with E-state index < -0.39 is 0 Å². The van der Waals surface area contributed by atoms with Crippen molar-refractivity contribution in [3.63, 3.8) is 0 Å². The van der Waals surface area contributed by atoms with Crippen LogP contribution in [0.4, 0.5) is 0 Å². The molecule has 20 heavy (non-hydrogen) atoms. The molecule has 0 saturated carbocycles. The zero-order chi connectivity index (χ0) is 14.5. The van der Waals surface area contributed by atoms with Crippen molar-refractivity contribution < 1.29 is 15.0 Å². The lowest BCUT2D eigenvalue weighted by molar-refractivity contribution is 0.0940. The number of hydrogen-bond acceptors (Lipinski definition) is 5. The van der Waals surface area contributed by atoms with E-state index in [1.165, 1.54) is 12.1 Å². The van der Waals surface area contributed by atoms with Gasteiger partial charge in [-0.05, 0) is 30.8 Å². The highest BCUT2D eigenvalue weighted by Gasteiger charge is 2.14. The Labute approximate surface area is 117 Å². The first-order chi connectivity index (χ1) is 9.56. The summed E-state index contributed by atoms with van der Waals surface area (Å²) in [6.07, 6.45) is 3.45. The maximum Gasteiger partial charge on any atom is 0.180 e. The summed E-state index contributed by atoms with van der Waals surface area (Å²) in [6.45, 7) is 0.769. The highest BCUT2D eigenvalue weighted by Crippen LogP contribution is 2.23. The van der Waals surface area contributed by atoms with E-state index in [1.54, 1.807) is 12.4 Å². The maximum absolute atomic E-state index is 12.1. The molecule has 0 aliphatic rings. The maximum atomic E-state index is 12.1. The van der Waals surface area contributed by atoms with Gasteiger partial charge >= 0.3 is 0 Å². The van der Waals surface area contributed by atoms with Crippen LogP contribution in [0.3, 0.4) is 0 Å². The molecule has 2 N–H and O–H groups in total. The summed E-state index contributed by atoms with van der Waals surface area (Å²) in [5.41, 5.74) is 1.22. The number of nitrogens with zero attached hydrogens (tertiary/aromatic N) is 2. The third-order valence-corrected chi connectivity index (χ3v) is 2.87. The lowest BCUT2D eigenvalue weighted by atomic mass is 10.1. The van der Waals surface area contributed by atoms with Gasteiger partial charge in [0.1, 0.15) is 11.5 Å². The van der Waals surface area contributed by atoms with Crippen molar-refractivity contribution in [2.75, 3.05) is 13.6 Å². The Kier molecular flexibility index (Phi) is 4.32. The second kappa shape index (κ2) is 6.16. The largest absolute Gasteiger partial charge is 0.508 e. The second-order valence-corrected chi connectivity index (χ2v) is 4.66. The molecule has 0 fully saturated rings. The molecule has 0 amide bonds. The van der Waals surface area contributed by atoms with E-state index in [0.29, 0.717) is 6.54 Å². The number of pyridine rings is 1. The zero-order valence-electron chi connectivity index (χ0n) is 11.2. The Morgan fingerprint density at radius 1 is 1.30 bits per heavy atom. The number of aromatic nitrogens is 1. The predicted molar refractivity (Wildman–Crippen MR) is 74.7 cm³/mol. The first kappa shape index (κ1) is 14.0. The fourth-order valence-corrected chi connectivity index (χ4v) is 1.95. The number of carbonyl (C=O) groups excluding carboxylic acids is 1. The van der Waals surface area contributed by atoms with Crippen LogP contribution < -0.4 is 0 Å². The summed E-state index contributed by atoms with van der Waals surface area (Å²) in [7, 11) is 1.82. The molecule has 104 valence electrons. The van der Waals surface area contributed by atoms with Crippen molar-refractivity contribution in [1.29, 1.82) is 0 Å². The molecule has 1 aromatic heterocycles. The van der Waals surface area contributed by atoms with Crippen LogP contribution in [0.5, 0.6) is 11.5 Å². The molecule has 0 spiro atoms. The van der Waals surface area contributed by atoms with E-state index in [0.717, 1.165) is 11.6 Å². The zero-order valence-corrected chi connectivity index (χ0v) is 11.2. The van der Waals surface area contributed by atoms with Gasteiger partial charge in [0.2, 0.25) is 0 Å². The standard InChI is InChI=1S/C15H16N2O3/c1-17(9-11-3-2-6-16-8-11)10-15(20)13-5-4-12(18)7-14(13)19/h2-8,18-19H,9-10H2,1H3. The normalized spacial score (nSPS) is 10.7. The van der Waals surface area contributed by atoms with E-state index in [1.807, 2.05) is 24.1 Å². The van der Waals surface area contributed by atoms with Crippen LogP contribution in [-0.2, 0) is 6.54 Å². The minimum atomic E-state index is -0.204. The third-order valence-electron chi connectivity index (χ3n) is 2.87. The van der Waals surface area contributed by atoms with E-state index in [4.69, 9.17) is 0 Å². The number of hydrogen-bond donors (Lipinski definition) is 2. The van der Waals surface area contributed by atoms with E-state index in [9.17, 15) is 15.0 Å². The lowest BCUT2D eigenvalue weighted by Gasteiger charge is -2.16. The molecule has 5 nitrogen and oxygen atoms in total. The number of phenols is 2. The van der Waals surface area contributed by atoms with Crippen LogP contribution in [0, 0.1) is 0 Å². The minimum absolute atomic E-state index is 0.0669. The number of benzene rings is 1. The number of aromatic hydroxyl groups is 2. The molecule has 0 saturated heterocycles.